The summed E-state index contributed by atoms with van der Waals surface area (Å²) in [6, 6.07) is -0.830. The number of nitrogens with zero attached hydrogens (tertiary/aromatic N) is 2. The summed E-state index contributed by atoms with van der Waals surface area (Å²) in [4.78, 5) is 26.3. The lowest BCUT2D eigenvalue weighted by Gasteiger charge is -2.38. The number of carbonyl (C=O) groups is 1. The Morgan fingerprint density at radius 2 is 2.08 bits per heavy atom. The topological polar surface area (TPSA) is 77.6 Å². The third-order valence-corrected chi connectivity index (χ3v) is 4.84. The van der Waals surface area contributed by atoms with E-state index in [4.69, 9.17) is 10.5 Å². The molecule has 0 bridgehead atoms. The molecule has 0 aliphatic carbocycles. The van der Waals surface area contributed by atoms with E-state index in [1.165, 1.54) is 4.57 Å². The second-order valence-corrected chi connectivity index (χ2v) is 7.22. The Morgan fingerprint density at radius 1 is 1.44 bits per heavy atom. The van der Waals surface area contributed by atoms with Gasteiger partial charge in [0.15, 0.2) is 5.82 Å². The van der Waals surface area contributed by atoms with Gasteiger partial charge in [-0.2, -0.15) is 0 Å². The molecule has 1 unspecified atom stereocenters. The van der Waals surface area contributed by atoms with Crippen molar-refractivity contribution in [2.24, 2.45) is 11.7 Å². The largest absolute Gasteiger partial charge is 0.379 e. The van der Waals surface area contributed by atoms with Crippen LogP contribution in [0.5, 0.6) is 0 Å². The number of aromatic nitrogens is 1. The van der Waals surface area contributed by atoms with Crippen molar-refractivity contribution in [3.05, 3.63) is 33.5 Å². The van der Waals surface area contributed by atoms with Gasteiger partial charge in [-0.1, -0.05) is 13.8 Å². The molecule has 0 radical (unpaired) electrons. The highest BCUT2D eigenvalue weighted by molar-refractivity contribution is 5.78. The molecular weight excluding hydrogens is 325 g/mol. The molecule has 2 N–H and O–H groups in total. The molecule has 2 rings (SSSR count). The standard InChI is InChI=1S/C18H28FN3O3/c1-11(2)7-15(17(20)23)22-8-13(12(3)16(19)18(22)24)5-6-21-9-14(10-21)25-4/h8,11,14-15H,5-7,9-10H2,1-4H3,(H2,20,23). The van der Waals surface area contributed by atoms with Crippen LogP contribution in [0.2, 0.25) is 0 Å². The van der Waals surface area contributed by atoms with Crippen molar-refractivity contribution in [2.75, 3.05) is 26.7 Å². The summed E-state index contributed by atoms with van der Waals surface area (Å²) in [5, 5.41) is 0. The van der Waals surface area contributed by atoms with Crippen molar-refractivity contribution in [3.8, 4) is 0 Å². The van der Waals surface area contributed by atoms with Crippen LogP contribution in [0.4, 0.5) is 4.39 Å². The maximum atomic E-state index is 14.4. The Hall–Kier alpha value is -1.73. The Kier molecular flexibility index (Phi) is 6.35. The van der Waals surface area contributed by atoms with E-state index in [0.717, 1.165) is 25.2 Å². The Balaban J connectivity index is 2.24. The van der Waals surface area contributed by atoms with Crippen molar-refractivity contribution in [3.63, 3.8) is 0 Å². The maximum absolute atomic E-state index is 14.4. The number of hydrogen-bond acceptors (Lipinski definition) is 4. The zero-order valence-corrected chi connectivity index (χ0v) is 15.4. The van der Waals surface area contributed by atoms with Gasteiger partial charge in [-0.25, -0.2) is 4.39 Å². The van der Waals surface area contributed by atoms with E-state index in [1.54, 1.807) is 20.2 Å². The first-order chi connectivity index (χ1) is 11.7. The summed E-state index contributed by atoms with van der Waals surface area (Å²) in [7, 11) is 1.69. The fourth-order valence-electron chi connectivity index (χ4n) is 3.17. The summed E-state index contributed by atoms with van der Waals surface area (Å²) in [5.41, 5.74) is 5.76. The van der Waals surface area contributed by atoms with Crippen LogP contribution in [0.25, 0.3) is 0 Å². The lowest BCUT2D eigenvalue weighted by atomic mass is 10.0. The Bertz CT molecular complexity index is 681. The number of primary amides is 1. The van der Waals surface area contributed by atoms with E-state index in [0.29, 0.717) is 18.4 Å². The molecule has 6 nitrogen and oxygen atoms in total. The number of nitrogens with two attached hydrogens (primary N) is 1. The van der Waals surface area contributed by atoms with E-state index in [1.807, 2.05) is 13.8 Å². The molecule has 0 saturated carbocycles. The van der Waals surface area contributed by atoms with Crippen molar-refractivity contribution in [1.29, 1.82) is 0 Å². The molecule has 1 aliphatic heterocycles. The van der Waals surface area contributed by atoms with Crippen molar-refractivity contribution < 1.29 is 13.9 Å². The van der Waals surface area contributed by atoms with Crippen molar-refractivity contribution in [1.82, 2.24) is 9.47 Å². The van der Waals surface area contributed by atoms with Gasteiger partial charge in [-0.15, -0.1) is 0 Å². The van der Waals surface area contributed by atoms with Gasteiger partial charge in [0.05, 0.1) is 6.10 Å². The number of rotatable bonds is 8. The summed E-state index contributed by atoms with van der Waals surface area (Å²) in [6.07, 6.45) is 2.87. The summed E-state index contributed by atoms with van der Waals surface area (Å²) in [5.74, 6) is -1.26. The first-order valence-corrected chi connectivity index (χ1v) is 8.69. The zero-order chi connectivity index (χ0) is 18.7. The maximum Gasteiger partial charge on any atom is 0.287 e. The monoisotopic (exact) mass is 353 g/mol. The molecule has 2 heterocycles. The Morgan fingerprint density at radius 3 is 2.60 bits per heavy atom. The summed E-state index contributed by atoms with van der Waals surface area (Å²) in [6.45, 7) is 7.94. The second kappa shape index (κ2) is 8.10. The van der Waals surface area contributed by atoms with Crippen LogP contribution in [0, 0.1) is 18.7 Å². The highest BCUT2D eigenvalue weighted by atomic mass is 19.1. The molecule has 1 aromatic heterocycles. The minimum absolute atomic E-state index is 0.157. The lowest BCUT2D eigenvalue weighted by Crippen LogP contribution is -2.52. The van der Waals surface area contributed by atoms with Crippen LogP contribution in [0.1, 0.15) is 37.4 Å². The normalized spacial score (nSPS) is 16.9. The van der Waals surface area contributed by atoms with Crippen LogP contribution in [-0.4, -0.2) is 48.2 Å². The van der Waals surface area contributed by atoms with Gasteiger partial charge >= 0.3 is 0 Å². The van der Waals surface area contributed by atoms with Gasteiger partial charge in [0.1, 0.15) is 6.04 Å². The molecule has 7 heteroatoms. The van der Waals surface area contributed by atoms with Crippen LogP contribution < -0.4 is 11.3 Å². The molecule has 1 fully saturated rings. The molecule has 0 spiro atoms. The van der Waals surface area contributed by atoms with E-state index >= 15 is 0 Å². The van der Waals surface area contributed by atoms with E-state index in [9.17, 15) is 14.0 Å². The van der Waals surface area contributed by atoms with Gasteiger partial charge in [0.25, 0.3) is 5.56 Å². The van der Waals surface area contributed by atoms with Crippen LogP contribution in [0.15, 0.2) is 11.0 Å². The highest BCUT2D eigenvalue weighted by Crippen LogP contribution is 2.20. The minimum atomic E-state index is -0.830. The van der Waals surface area contributed by atoms with Gasteiger partial charge in [-0.3, -0.25) is 14.5 Å². The molecule has 140 valence electrons. The number of methoxy groups -OCH3 is 1. The van der Waals surface area contributed by atoms with Crippen LogP contribution >= 0.6 is 0 Å². The number of halogens is 1. The van der Waals surface area contributed by atoms with Gasteiger partial charge in [0, 0.05) is 32.9 Å². The number of likely N-dealkylation sites (tertiary alicyclic amines) is 1. The number of amides is 1. The van der Waals surface area contributed by atoms with Crippen molar-refractivity contribution >= 4 is 5.91 Å². The average Bonchev–Trinajstić information content (AvgIpc) is 2.51. The third-order valence-electron chi connectivity index (χ3n) is 4.84. The molecule has 25 heavy (non-hydrogen) atoms. The number of hydrogen-bond donors (Lipinski definition) is 1. The molecule has 1 aliphatic rings. The number of carbonyl (C=O) groups excluding carboxylic acids is 1. The molecular formula is C18H28FN3O3. The molecule has 1 aromatic rings. The number of ether oxygens (including phenoxy) is 1. The average molecular weight is 353 g/mol. The van der Waals surface area contributed by atoms with Crippen LogP contribution in [0.3, 0.4) is 0 Å². The molecule has 1 saturated heterocycles. The quantitative estimate of drug-likeness (QED) is 0.763. The second-order valence-electron chi connectivity index (χ2n) is 7.22. The van der Waals surface area contributed by atoms with E-state index < -0.39 is 23.3 Å². The van der Waals surface area contributed by atoms with E-state index in [-0.39, 0.29) is 12.0 Å². The fourth-order valence-corrected chi connectivity index (χ4v) is 3.17. The lowest BCUT2D eigenvalue weighted by molar-refractivity contribution is -0.121. The highest BCUT2D eigenvalue weighted by Gasteiger charge is 2.27. The molecule has 1 atom stereocenters. The number of pyridine rings is 1. The van der Waals surface area contributed by atoms with Crippen LogP contribution in [-0.2, 0) is 16.0 Å². The molecule has 1 amide bonds. The first-order valence-electron chi connectivity index (χ1n) is 8.69. The summed E-state index contributed by atoms with van der Waals surface area (Å²) >= 11 is 0. The predicted octanol–water partition coefficient (Wildman–Crippen LogP) is 1.24. The SMILES string of the molecule is COC1CN(CCc2cn(C(CC(C)C)C(N)=O)c(=O)c(F)c2C)C1. The fraction of sp³-hybridized carbons (Fsp3) is 0.667. The smallest absolute Gasteiger partial charge is 0.287 e. The predicted molar refractivity (Wildman–Crippen MR) is 94.0 cm³/mol. The molecule has 0 aromatic carbocycles. The summed E-state index contributed by atoms with van der Waals surface area (Å²) < 4.78 is 20.8. The third kappa shape index (κ3) is 4.46. The van der Waals surface area contributed by atoms with E-state index in [2.05, 4.69) is 4.90 Å². The first kappa shape index (κ1) is 19.6. The van der Waals surface area contributed by atoms with Gasteiger partial charge < -0.3 is 15.0 Å². The van der Waals surface area contributed by atoms with Gasteiger partial charge in [-0.05, 0) is 36.8 Å². The zero-order valence-electron chi connectivity index (χ0n) is 15.4. The Labute approximate surface area is 147 Å². The van der Waals surface area contributed by atoms with Crippen molar-refractivity contribution in [2.45, 2.75) is 45.8 Å². The van der Waals surface area contributed by atoms with Gasteiger partial charge in [0.2, 0.25) is 5.91 Å². The minimum Gasteiger partial charge on any atom is -0.379 e.